The van der Waals surface area contributed by atoms with Crippen LogP contribution in [0, 0.1) is 0 Å². The number of hydrogen-bond acceptors (Lipinski definition) is 4. The molecule has 5 heteroatoms. The predicted molar refractivity (Wildman–Crippen MR) is 213 cm³/mol. The van der Waals surface area contributed by atoms with Gasteiger partial charge in [0.1, 0.15) is 11.2 Å². The third kappa shape index (κ3) is 4.33. The standard InChI is InChI=1S/C47H28N4O/c1-3-12-31(13-4-1)45-48-46(32-14-5-2-6-15-32)50-47(49-45)33-21-24-34(25-22-33)51-38-18-10-9-17-36(38)42-39(51)27-26-37-43-40(52-44(37)42)28-23-30-20-19-29-11-7-8-16-35(29)41(30)43/h1-28H. The Morgan fingerprint density at radius 2 is 0.942 bits per heavy atom. The third-order valence-electron chi connectivity index (χ3n) is 10.2. The van der Waals surface area contributed by atoms with Gasteiger partial charge in [0.05, 0.1) is 16.4 Å². The molecule has 0 saturated carbocycles. The maximum Gasteiger partial charge on any atom is 0.164 e. The molecule has 0 spiro atoms. The van der Waals surface area contributed by atoms with Crippen molar-refractivity contribution in [2.75, 3.05) is 0 Å². The average molecular weight is 665 g/mol. The normalized spacial score (nSPS) is 11.8. The SMILES string of the molecule is c1ccc(-c2nc(-c3ccccc3)nc(-c3ccc(-n4c5ccccc5c5c6oc7ccc8ccc9ccccc9c8c7c6ccc54)cc3)n2)cc1. The van der Waals surface area contributed by atoms with Crippen LogP contribution in [0.25, 0.3) is 105 Å². The van der Waals surface area contributed by atoms with E-state index in [2.05, 4.69) is 114 Å². The molecule has 0 amide bonds. The number of fused-ring (bicyclic) bond motifs is 11. The van der Waals surface area contributed by atoms with Gasteiger partial charge in [-0.25, -0.2) is 15.0 Å². The van der Waals surface area contributed by atoms with Crippen LogP contribution in [-0.4, -0.2) is 19.5 Å². The van der Waals surface area contributed by atoms with Gasteiger partial charge in [0.2, 0.25) is 0 Å². The summed E-state index contributed by atoms with van der Waals surface area (Å²) in [5.41, 5.74) is 7.87. The smallest absolute Gasteiger partial charge is 0.164 e. The van der Waals surface area contributed by atoms with Crippen molar-refractivity contribution >= 4 is 65.3 Å². The molecule has 0 fully saturated rings. The van der Waals surface area contributed by atoms with Gasteiger partial charge in [-0.3, -0.25) is 0 Å². The Kier molecular flexibility index (Phi) is 6.18. The third-order valence-corrected chi connectivity index (χ3v) is 10.2. The Morgan fingerprint density at radius 3 is 1.65 bits per heavy atom. The lowest BCUT2D eigenvalue weighted by Crippen LogP contribution is -2.00. The van der Waals surface area contributed by atoms with E-state index >= 15 is 0 Å². The molecule has 0 atom stereocenters. The van der Waals surface area contributed by atoms with Crippen LogP contribution >= 0.6 is 0 Å². The molecule has 0 unspecified atom stereocenters. The zero-order chi connectivity index (χ0) is 34.2. The van der Waals surface area contributed by atoms with Crippen molar-refractivity contribution in [3.63, 3.8) is 0 Å². The second kappa shape index (κ2) is 11.2. The summed E-state index contributed by atoms with van der Waals surface area (Å²) in [5.74, 6) is 1.92. The highest BCUT2D eigenvalue weighted by atomic mass is 16.3. The maximum absolute atomic E-state index is 6.82. The van der Waals surface area contributed by atoms with Crippen LogP contribution in [0.3, 0.4) is 0 Å². The van der Waals surface area contributed by atoms with Crippen LogP contribution < -0.4 is 0 Å². The van der Waals surface area contributed by atoms with E-state index in [1.54, 1.807) is 0 Å². The first-order valence-corrected chi connectivity index (χ1v) is 17.5. The fourth-order valence-corrected chi connectivity index (χ4v) is 7.85. The fourth-order valence-electron chi connectivity index (χ4n) is 7.85. The van der Waals surface area contributed by atoms with Crippen molar-refractivity contribution in [3.8, 4) is 39.9 Å². The quantitative estimate of drug-likeness (QED) is 0.176. The number of benzene rings is 8. The van der Waals surface area contributed by atoms with Crippen LogP contribution in [0.4, 0.5) is 0 Å². The minimum Gasteiger partial charge on any atom is -0.455 e. The molecule has 0 radical (unpaired) electrons. The van der Waals surface area contributed by atoms with Crippen molar-refractivity contribution in [1.29, 1.82) is 0 Å². The molecule has 3 heterocycles. The number of nitrogens with zero attached hydrogens (tertiary/aromatic N) is 4. The summed E-state index contributed by atoms with van der Waals surface area (Å²) in [4.78, 5) is 14.8. The Bertz CT molecular complexity index is 3100. The maximum atomic E-state index is 6.82. The number of hydrogen-bond donors (Lipinski definition) is 0. The zero-order valence-corrected chi connectivity index (χ0v) is 27.9. The van der Waals surface area contributed by atoms with E-state index in [4.69, 9.17) is 19.4 Å². The second-order valence-electron chi connectivity index (χ2n) is 13.2. The largest absolute Gasteiger partial charge is 0.455 e. The van der Waals surface area contributed by atoms with Gasteiger partial charge >= 0.3 is 0 Å². The molecule has 0 aliphatic heterocycles. The van der Waals surface area contributed by atoms with E-state index in [-0.39, 0.29) is 0 Å². The van der Waals surface area contributed by atoms with E-state index in [1.165, 1.54) is 21.5 Å². The summed E-state index contributed by atoms with van der Waals surface area (Å²) in [6.07, 6.45) is 0. The summed E-state index contributed by atoms with van der Waals surface area (Å²) >= 11 is 0. The van der Waals surface area contributed by atoms with Gasteiger partial charge in [-0.15, -0.1) is 0 Å². The zero-order valence-electron chi connectivity index (χ0n) is 27.9. The first-order valence-electron chi connectivity index (χ1n) is 17.5. The second-order valence-corrected chi connectivity index (χ2v) is 13.2. The number of furan rings is 1. The lowest BCUT2D eigenvalue weighted by atomic mass is 9.97. The Balaban J connectivity index is 1.10. The van der Waals surface area contributed by atoms with Crippen LogP contribution in [0.15, 0.2) is 174 Å². The molecule has 0 bridgehead atoms. The molecule has 0 aliphatic rings. The molecule has 11 rings (SSSR count). The van der Waals surface area contributed by atoms with E-state index < -0.39 is 0 Å². The van der Waals surface area contributed by atoms with Crippen molar-refractivity contribution in [1.82, 2.24) is 19.5 Å². The highest BCUT2D eigenvalue weighted by Crippen LogP contribution is 2.44. The topological polar surface area (TPSA) is 56.7 Å². The minimum absolute atomic E-state index is 0.630. The molecule has 11 aromatic rings. The van der Waals surface area contributed by atoms with Crippen molar-refractivity contribution in [2.24, 2.45) is 0 Å². The first-order chi connectivity index (χ1) is 25.8. The van der Waals surface area contributed by atoms with Gasteiger partial charge in [0, 0.05) is 43.9 Å². The monoisotopic (exact) mass is 664 g/mol. The van der Waals surface area contributed by atoms with Crippen molar-refractivity contribution < 1.29 is 4.42 Å². The van der Waals surface area contributed by atoms with Crippen molar-refractivity contribution in [2.45, 2.75) is 0 Å². The van der Waals surface area contributed by atoms with Gasteiger partial charge in [-0.05, 0) is 64.7 Å². The molecule has 242 valence electrons. The van der Waals surface area contributed by atoms with Crippen molar-refractivity contribution in [3.05, 3.63) is 170 Å². The van der Waals surface area contributed by atoms with E-state index in [1.807, 2.05) is 60.7 Å². The molecule has 5 nitrogen and oxygen atoms in total. The average Bonchev–Trinajstić information content (AvgIpc) is 3.77. The van der Waals surface area contributed by atoms with Gasteiger partial charge in [-0.1, -0.05) is 121 Å². The number of rotatable bonds is 4. The lowest BCUT2D eigenvalue weighted by Gasteiger charge is -2.11. The van der Waals surface area contributed by atoms with Crippen LogP contribution in [0.5, 0.6) is 0 Å². The van der Waals surface area contributed by atoms with E-state index in [9.17, 15) is 0 Å². The minimum atomic E-state index is 0.630. The highest BCUT2D eigenvalue weighted by molar-refractivity contribution is 6.31. The summed E-state index contributed by atoms with van der Waals surface area (Å²) in [7, 11) is 0. The summed E-state index contributed by atoms with van der Waals surface area (Å²) in [5, 5.41) is 9.45. The van der Waals surface area contributed by atoms with E-state index in [0.717, 1.165) is 66.1 Å². The number of aromatic nitrogens is 4. The lowest BCUT2D eigenvalue weighted by molar-refractivity contribution is 0.673. The molecule has 0 aliphatic carbocycles. The summed E-state index contributed by atoms with van der Waals surface area (Å²) in [6, 6.07) is 59.0. The van der Waals surface area contributed by atoms with Gasteiger partial charge in [-0.2, -0.15) is 0 Å². The molecule has 3 aromatic heterocycles. The fraction of sp³-hybridized carbons (Fsp3) is 0. The molecule has 0 N–H and O–H groups in total. The summed E-state index contributed by atoms with van der Waals surface area (Å²) < 4.78 is 9.14. The predicted octanol–water partition coefficient (Wildman–Crippen LogP) is 12.2. The molecule has 52 heavy (non-hydrogen) atoms. The Morgan fingerprint density at radius 1 is 0.365 bits per heavy atom. The Hall–Kier alpha value is -7.11. The molecule has 0 saturated heterocycles. The summed E-state index contributed by atoms with van der Waals surface area (Å²) in [6.45, 7) is 0. The van der Waals surface area contributed by atoms with Gasteiger partial charge in [0.25, 0.3) is 0 Å². The van der Waals surface area contributed by atoms with E-state index in [0.29, 0.717) is 17.5 Å². The number of para-hydroxylation sites is 1. The first kappa shape index (κ1) is 28.7. The molecule has 8 aromatic carbocycles. The molecular weight excluding hydrogens is 637 g/mol. The van der Waals surface area contributed by atoms with Crippen LogP contribution in [0.1, 0.15) is 0 Å². The van der Waals surface area contributed by atoms with Crippen LogP contribution in [0.2, 0.25) is 0 Å². The van der Waals surface area contributed by atoms with Gasteiger partial charge in [0.15, 0.2) is 17.5 Å². The Labute approximate surface area is 298 Å². The molecular formula is C47H28N4O. The highest BCUT2D eigenvalue weighted by Gasteiger charge is 2.21. The van der Waals surface area contributed by atoms with Crippen LogP contribution in [-0.2, 0) is 0 Å². The van der Waals surface area contributed by atoms with Gasteiger partial charge < -0.3 is 8.98 Å².